The van der Waals surface area contributed by atoms with E-state index in [1.807, 2.05) is 13.8 Å². The van der Waals surface area contributed by atoms with Crippen molar-refractivity contribution >= 4 is 29.1 Å². The molecule has 3 rings (SSSR count). The topological polar surface area (TPSA) is 70.1 Å². The molecular weight excluding hydrogens is 440 g/mol. The third-order valence-electron chi connectivity index (χ3n) is 6.03. The minimum absolute atomic E-state index is 0.0884. The number of ether oxygens (including phenoxy) is 1. The molecule has 1 saturated heterocycles. The first-order valence-corrected chi connectivity index (χ1v) is 11.7. The Morgan fingerprint density at radius 1 is 1.09 bits per heavy atom. The predicted molar refractivity (Wildman–Crippen MR) is 131 cm³/mol. The van der Waals surface area contributed by atoms with Crippen molar-refractivity contribution in [3.05, 3.63) is 69.8 Å². The minimum Gasteiger partial charge on any atom is -0.507 e. The van der Waals surface area contributed by atoms with Gasteiger partial charge in [-0.05, 0) is 68.4 Å². The summed E-state index contributed by atoms with van der Waals surface area (Å²) in [6.07, 6.45) is 0. The van der Waals surface area contributed by atoms with E-state index in [4.69, 9.17) is 16.3 Å². The van der Waals surface area contributed by atoms with Gasteiger partial charge in [0, 0.05) is 23.7 Å². The second-order valence-electron chi connectivity index (χ2n) is 7.98. The Balaban J connectivity index is 2.09. The van der Waals surface area contributed by atoms with Crippen molar-refractivity contribution in [3.8, 4) is 5.75 Å². The van der Waals surface area contributed by atoms with Gasteiger partial charge in [-0.3, -0.25) is 9.59 Å². The predicted octanol–water partition coefficient (Wildman–Crippen LogP) is 4.81. The second kappa shape index (κ2) is 10.9. The molecule has 0 aromatic heterocycles. The van der Waals surface area contributed by atoms with Crippen molar-refractivity contribution in [2.45, 2.75) is 33.7 Å². The first-order chi connectivity index (χ1) is 15.8. The number of carbonyl (C=O) groups is 2. The molecule has 0 aliphatic carbocycles. The maximum atomic E-state index is 13.1. The lowest BCUT2D eigenvalue weighted by Crippen LogP contribution is -2.38. The van der Waals surface area contributed by atoms with Crippen LogP contribution in [0.3, 0.4) is 0 Å². The van der Waals surface area contributed by atoms with Crippen LogP contribution in [-0.4, -0.2) is 59.4 Å². The van der Waals surface area contributed by atoms with Crippen molar-refractivity contribution < 1.29 is 19.4 Å². The molecule has 1 fully saturated rings. The molecular formula is C26H31ClN2O4. The van der Waals surface area contributed by atoms with Crippen LogP contribution in [0.4, 0.5) is 0 Å². The Morgan fingerprint density at radius 3 is 2.33 bits per heavy atom. The number of likely N-dealkylation sites (N-methyl/N-ethyl adjacent to an activating group) is 1. The molecule has 6 nitrogen and oxygen atoms in total. The quantitative estimate of drug-likeness (QED) is 0.323. The van der Waals surface area contributed by atoms with E-state index in [0.717, 1.165) is 24.2 Å². The highest BCUT2D eigenvalue weighted by atomic mass is 35.5. The van der Waals surface area contributed by atoms with Gasteiger partial charge in [-0.1, -0.05) is 37.6 Å². The molecule has 1 aliphatic rings. The molecule has 2 aromatic carbocycles. The average molecular weight is 471 g/mol. The molecule has 176 valence electrons. The smallest absolute Gasteiger partial charge is 0.295 e. The van der Waals surface area contributed by atoms with Crippen LogP contribution < -0.4 is 4.74 Å². The van der Waals surface area contributed by atoms with Gasteiger partial charge in [-0.25, -0.2) is 0 Å². The number of rotatable bonds is 9. The van der Waals surface area contributed by atoms with Gasteiger partial charge in [0.2, 0.25) is 0 Å². The van der Waals surface area contributed by atoms with E-state index >= 15 is 0 Å². The molecule has 33 heavy (non-hydrogen) atoms. The van der Waals surface area contributed by atoms with Crippen LogP contribution in [0.25, 0.3) is 5.76 Å². The normalized spacial score (nSPS) is 17.8. The number of halogens is 1. The lowest BCUT2D eigenvalue weighted by Gasteiger charge is -2.28. The largest absolute Gasteiger partial charge is 0.507 e. The van der Waals surface area contributed by atoms with Gasteiger partial charge in [0.25, 0.3) is 11.7 Å². The van der Waals surface area contributed by atoms with Gasteiger partial charge in [0.15, 0.2) is 0 Å². The maximum Gasteiger partial charge on any atom is 0.295 e. The van der Waals surface area contributed by atoms with Crippen molar-refractivity contribution in [3.63, 3.8) is 0 Å². The lowest BCUT2D eigenvalue weighted by atomic mass is 9.95. The maximum absolute atomic E-state index is 13.1. The summed E-state index contributed by atoms with van der Waals surface area (Å²) in [5, 5.41) is 11.8. The zero-order chi connectivity index (χ0) is 24.1. The Kier molecular flexibility index (Phi) is 8.16. The van der Waals surface area contributed by atoms with Crippen molar-refractivity contribution in [1.82, 2.24) is 9.80 Å². The molecule has 1 heterocycles. The molecule has 7 heteroatoms. The number of carbonyl (C=O) groups excluding carboxylic acids is 2. The first-order valence-electron chi connectivity index (χ1n) is 11.3. The number of hydrogen-bond acceptors (Lipinski definition) is 5. The van der Waals surface area contributed by atoms with E-state index in [2.05, 4.69) is 18.7 Å². The van der Waals surface area contributed by atoms with Crippen LogP contribution in [0.1, 0.15) is 43.5 Å². The number of aryl methyl sites for hydroxylation is 1. The number of ketones is 1. The Hall–Kier alpha value is -2.83. The summed E-state index contributed by atoms with van der Waals surface area (Å²) < 4.78 is 5.59. The van der Waals surface area contributed by atoms with E-state index in [1.165, 1.54) is 0 Å². The van der Waals surface area contributed by atoms with Gasteiger partial charge in [-0.2, -0.15) is 0 Å². The van der Waals surface area contributed by atoms with Gasteiger partial charge < -0.3 is 19.6 Å². The number of aliphatic hydroxyl groups is 1. The summed E-state index contributed by atoms with van der Waals surface area (Å²) >= 11 is 6.08. The Labute approximate surface area is 200 Å². The number of hydrogen-bond donors (Lipinski definition) is 1. The van der Waals surface area contributed by atoms with Gasteiger partial charge in [0.1, 0.15) is 11.5 Å². The molecule has 1 aliphatic heterocycles. The number of benzene rings is 2. The van der Waals surface area contributed by atoms with Gasteiger partial charge in [-0.15, -0.1) is 0 Å². The molecule has 1 N–H and O–H groups in total. The second-order valence-corrected chi connectivity index (χ2v) is 8.42. The van der Waals surface area contributed by atoms with Crippen molar-refractivity contribution in [2.75, 3.05) is 32.8 Å². The highest BCUT2D eigenvalue weighted by molar-refractivity contribution is 6.46. The summed E-state index contributed by atoms with van der Waals surface area (Å²) in [7, 11) is 0. The molecule has 1 atom stereocenters. The van der Waals surface area contributed by atoms with Crippen molar-refractivity contribution in [2.24, 2.45) is 0 Å². The van der Waals surface area contributed by atoms with Crippen LogP contribution >= 0.6 is 11.6 Å². The lowest BCUT2D eigenvalue weighted by molar-refractivity contribution is -0.140. The molecule has 1 amide bonds. The molecule has 0 saturated carbocycles. The zero-order valence-electron chi connectivity index (χ0n) is 19.6. The van der Waals surface area contributed by atoms with E-state index in [-0.39, 0.29) is 11.3 Å². The van der Waals surface area contributed by atoms with Crippen LogP contribution in [0.15, 0.2) is 48.0 Å². The molecule has 0 radical (unpaired) electrons. The summed E-state index contributed by atoms with van der Waals surface area (Å²) in [5.41, 5.74) is 2.11. The zero-order valence-corrected chi connectivity index (χ0v) is 20.4. The minimum atomic E-state index is -0.690. The number of Topliss-reactive ketones (excluding diaryl/α,β-unsaturated/α-hetero) is 1. The van der Waals surface area contributed by atoms with Crippen LogP contribution in [0.2, 0.25) is 5.02 Å². The summed E-state index contributed by atoms with van der Waals surface area (Å²) in [4.78, 5) is 30.0. The van der Waals surface area contributed by atoms with Crippen LogP contribution in [0.5, 0.6) is 5.75 Å². The fourth-order valence-electron chi connectivity index (χ4n) is 4.16. The summed E-state index contributed by atoms with van der Waals surface area (Å²) in [6, 6.07) is 11.6. The molecule has 0 spiro atoms. The molecule has 0 bridgehead atoms. The Morgan fingerprint density at radius 2 is 1.76 bits per heavy atom. The highest BCUT2D eigenvalue weighted by Crippen LogP contribution is 2.40. The first kappa shape index (κ1) is 24.8. The SMILES string of the molecule is CCOc1ccc(C(O)=C2C(=O)C(=O)N(CCN(CC)CC)C2c2ccc(Cl)cc2)cc1C. The van der Waals surface area contributed by atoms with Crippen molar-refractivity contribution in [1.29, 1.82) is 0 Å². The fourth-order valence-corrected chi connectivity index (χ4v) is 4.29. The van der Waals surface area contributed by atoms with E-state index < -0.39 is 17.7 Å². The third kappa shape index (κ3) is 5.23. The highest BCUT2D eigenvalue weighted by Gasteiger charge is 2.46. The van der Waals surface area contributed by atoms with E-state index in [0.29, 0.717) is 36.0 Å². The number of nitrogens with zero attached hydrogens (tertiary/aromatic N) is 2. The average Bonchev–Trinajstić information content (AvgIpc) is 3.06. The number of aliphatic hydroxyl groups excluding tert-OH is 1. The Bertz CT molecular complexity index is 1040. The fraction of sp³-hybridized carbons (Fsp3) is 0.385. The van der Waals surface area contributed by atoms with Crippen LogP contribution in [-0.2, 0) is 9.59 Å². The summed E-state index contributed by atoms with van der Waals surface area (Å²) in [6.45, 7) is 11.1. The third-order valence-corrected chi connectivity index (χ3v) is 6.28. The van der Waals surface area contributed by atoms with E-state index in [9.17, 15) is 14.7 Å². The number of amides is 1. The molecule has 2 aromatic rings. The van der Waals surface area contributed by atoms with Crippen LogP contribution in [0, 0.1) is 6.92 Å². The summed E-state index contributed by atoms with van der Waals surface area (Å²) in [5.74, 6) is -0.766. The van der Waals surface area contributed by atoms with E-state index in [1.54, 1.807) is 47.4 Å². The standard InChI is InChI=1S/C26H31ClN2O4/c1-5-28(6-2)14-15-29-23(18-8-11-20(27)12-9-18)22(25(31)26(29)32)24(30)19-10-13-21(33-7-3)17(4)16-19/h8-13,16,23,30H,5-7,14-15H2,1-4H3. The monoisotopic (exact) mass is 470 g/mol. The van der Waals surface area contributed by atoms with Gasteiger partial charge in [0.05, 0.1) is 18.2 Å². The van der Waals surface area contributed by atoms with Gasteiger partial charge >= 0.3 is 0 Å². The molecule has 1 unspecified atom stereocenters. The number of likely N-dealkylation sites (tertiary alicyclic amines) is 1.